The third-order valence-corrected chi connectivity index (χ3v) is 18.4. The Bertz CT molecular complexity index is 3630. The Kier molecular flexibility index (Phi) is 33.3. The Morgan fingerprint density at radius 2 is 1.39 bits per heavy atom. The summed E-state index contributed by atoms with van der Waals surface area (Å²) in [7, 11) is 0. The van der Waals surface area contributed by atoms with Crippen LogP contribution in [-0.4, -0.2) is 280 Å². The molecule has 2 fully saturated rings. The number of aliphatic hydroxyl groups excluding tert-OH is 8. The number of carbonyl (C=O) groups is 8. The molecule has 19 unspecified atom stereocenters. The molecule has 0 bridgehead atoms. The van der Waals surface area contributed by atoms with Crippen molar-refractivity contribution < 1.29 is 103 Å². The van der Waals surface area contributed by atoms with Gasteiger partial charge in [-0.1, -0.05) is 6.92 Å². The number of primary amides is 3. The van der Waals surface area contributed by atoms with Crippen molar-refractivity contribution in [2.24, 2.45) is 56.0 Å². The van der Waals surface area contributed by atoms with Crippen LogP contribution >= 0.6 is 22.7 Å². The van der Waals surface area contributed by atoms with E-state index in [0.29, 0.717) is 60.7 Å². The summed E-state index contributed by atoms with van der Waals surface area (Å²) < 4.78 is 28.8. The van der Waals surface area contributed by atoms with Gasteiger partial charge in [0, 0.05) is 68.4 Å². The number of imidazole rings is 1. The molecule has 106 heavy (non-hydrogen) atoms. The van der Waals surface area contributed by atoms with E-state index >= 15 is 4.79 Å². The summed E-state index contributed by atoms with van der Waals surface area (Å²) >= 11 is 2.46. The number of guanidine groups is 2. The van der Waals surface area contributed by atoms with E-state index in [1.54, 1.807) is 10.8 Å². The molecule has 32 N–H and O–H groups in total. The molecule has 0 aromatic carbocycles. The topological polar surface area (TPSA) is 742 Å². The van der Waals surface area contributed by atoms with Crippen molar-refractivity contribution in [3.05, 3.63) is 56.8 Å². The number of rotatable bonds is 41. The maximum absolute atomic E-state index is 15.2. The maximum Gasteiger partial charge on any atom is 0.404 e. The number of ether oxygens (including phenoxy) is 5. The third-order valence-electron chi connectivity index (χ3n) is 16.6. The number of aliphatic imine (C=N–C) groups is 2. The Labute approximate surface area is 613 Å². The molecular weight excluding hydrogens is 1440 g/mol. The summed E-state index contributed by atoms with van der Waals surface area (Å²) in [5, 5.41) is 111. The Balaban J connectivity index is 1.17. The van der Waals surface area contributed by atoms with Crippen LogP contribution in [0.15, 0.2) is 33.3 Å². The van der Waals surface area contributed by atoms with Gasteiger partial charge in [0.05, 0.1) is 72.7 Å². The van der Waals surface area contributed by atoms with Gasteiger partial charge in [-0.3, -0.25) is 43.5 Å². The van der Waals surface area contributed by atoms with Gasteiger partial charge in [-0.15, -0.1) is 22.7 Å². The molecule has 588 valence electrons. The highest BCUT2D eigenvalue weighted by atomic mass is 32.1. The van der Waals surface area contributed by atoms with E-state index in [4.69, 9.17) is 69.6 Å². The molecule has 4 aromatic rings. The first-order valence-electron chi connectivity index (χ1n) is 33.3. The number of anilines is 1. The van der Waals surface area contributed by atoms with Gasteiger partial charge in [0.1, 0.15) is 94.6 Å². The highest BCUT2D eigenvalue weighted by molar-refractivity contribution is 7.14. The number of nitrogen functional groups attached to an aromatic ring is 1. The Hall–Kier alpha value is -9.11. The van der Waals surface area contributed by atoms with E-state index in [9.17, 15) is 74.4 Å². The summed E-state index contributed by atoms with van der Waals surface area (Å²) in [6.07, 6.45) is -22.4. The van der Waals surface area contributed by atoms with Crippen LogP contribution in [0.4, 0.5) is 10.6 Å². The van der Waals surface area contributed by atoms with Gasteiger partial charge in [-0.25, -0.2) is 29.7 Å². The predicted octanol–water partition coefficient (Wildman–Crippen LogP) is -9.23. The van der Waals surface area contributed by atoms with E-state index in [1.807, 2.05) is 0 Å². The van der Waals surface area contributed by atoms with Crippen LogP contribution in [0.2, 0.25) is 0 Å². The average molecular weight is 1540 g/mol. The van der Waals surface area contributed by atoms with E-state index in [2.05, 4.69) is 77.1 Å². The standard InChI is InChI=1S/C60H95N23O21S2/c1-23-36(80-49(83-47(23)63)28(15-34(62)87)75-16-27(61)48(64)93)53(97)82-38(44(29-17-69-22-76-29)102-57-46(42(91)40(89)32(18-84)101-57)103-56-43(92)45(104-60(68)99)41(90)33(19-85)100-56)54(98)77-25(3)39(88)24(2)50(94)81-37(26(4)86)52(96)71-14-9-35-78-31(21-105-35)55-79-30(20-106-55)51(95)70-10-5-7-12-73-59(67)74-13-8-6-11-72-58(65)66/h17,20-22,24-28,32-33,37-46,56-57,75,84-86,88-92H,5-16,18-19,61H2,1-4H3,(H2,62,87)(H2,64,93)(H2,68,99)(H,69,76)(H,70,95)(H,71,96)(H,77,98)(H,81,94)(H,82,97)(H2,63,80,83)(H4,65,66,72)(H3,67,73,74). The fourth-order valence-corrected chi connectivity index (χ4v) is 12.2. The lowest BCUT2D eigenvalue weighted by Gasteiger charge is -2.47. The molecule has 46 heteroatoms. The lowest BCUT2D eigenvalue weighted by Crippen LogP contribution is -2.65. The van der Waals surface area contributed by atoms with Gasteiger partial charge in [0.15, 0.2) is 30.6 Å². The fourth-order valence-electron chi connectivity index (χ4n) is 10.6. The molecule has 0 aliphatic carbocycles. The largest absolute Gasteiger partial charge is 0.441 e. The average Bonchev–Trinajstić information content (AvgIpc) is 0.905. The smallest absolute Gasteiger partial charge is 0.404 e. The lowest BCUT2D eigenvalue weighted by molar-refractivity contribution is -0.372. The van der Waals surface area contributed by atoms with Crippen LogP contribution in [0.1, 0.15) is 108 Å². The first-order valence-corrected chi connectivity index (χ1v) is 35.0. The van der Waals surface area contributed by atoms with Gasteiger partial charge in [0.2, 0.25) is 29.5 Å². The Morgan fingerprint density at radius 1 is 0.717 bits per heavy atom. The third kappa shape index (κ3) is 24.5. The number of nitrogens with two attached hydrogens (primary N) is 8. The molecule has 2 aliphatic heterocycles. The molecule has 44 nitrogen and oxygen atoms in total. The molecule has 4 aromatic heterocycles. The number of aliphatic hydroxyl groups is 8. The molecule has 2 aliphatic rings. The molecule has 6 rings (SSSR count). The summed E-state index contributed by atoms with van der Waals surface area (Å²) in [6.45, 7) is 4.53. The zero-order chi connectivity index (χ0) is 78.2. The van der Waals surface area contributed by atoms with Crippen LogP contribution in [-0.2, 0) is 54.1 Å². The molecule has 0 saturated carbocycles. The quantitative estimate of drug-likeness (QED) is 0.0111. The zero-order valence-corrected chi connectivity index (χ0v) is 59.8. The number of hydrogen-bond acceptors (Lipinski definition) is 33. The van der Waals surface area contributed by atoms with Crippen LogP contribution < -0.4 is 83.1 Å². The Morgan fingerprint density at radius 3 is 2.02 bits per heavy atom. The minimum Gasteiger partial charge on any atom is -0.441 e. The molecule has 8 amide bonds. The van der Waals surface area contributed by atoms with Gasteiger partial charge >= 0.3 is 6.09 Å². The van der Waals surface area contributed by atoms with Crippen molar-refractivity contribution in [1.82, 2.24) is 67.1 Å². The second-order valence-corrected chi connectivity index (χ2v) is 26.5. The van der Waals surface area contributed by atoms with Crippen molar-refractivity contribution in [1.29, 1.82) is 0 Å². The van der Waals surface area contributed by atoms with Crippen LogP contribution in [0, 0.1) is 12.8 Å². The second-order valence-electron chi connectivity index (χ2n) is 24.7. The van der Waals surface area contributed by atoms with Crippen LogP contribution in [0.3, 0.4) is 0 Å². The summed E-state index contributed by atoms with van der Waals surface area (Å²) in [4.78, 5) is 139. The number of H-pyrrole nitrogens is 1. The van der Waals surface area contributed by atoms with Crippen molar-refractivity contribution >= 4 is 87.9 Å². The number of thiazole rings is 2. The van der Waals surface area contributed by atoms with Crippen molar-refractivity contribution in [2.75, 3.05) is 58.2 Å². The van der Waals surface area contributed by atoms with Crippen molar-refractivity contribution in [2.45, 2.75) is 176 Å². The monoisotopic (exact) mass is 1540 g/mol. The maximum atomic E-state index is 15.2. The van der Waals surface area contributed by atoms with Crippen molar-refractivity contribution in [3.63, 3.8) is 0 Å². The molecule has 6 heterocycles. The lowest BCUT2D eigenvalue weighted by atomic mass is 9.96. The summed E-state index contributed by atoms with van der Waals surface area (Å²) in [6, 6.07) is -7.92. The number of unbranched alkanes of at least 4 members (excludes halogenated alkanes) is 2. The number of nitrogens with one attached hydrogen (secondary N) is 8. The van der Waals surface area contributed by atoms with Gasteiger partial charge < -0.3 is 153 Å². The normalized spacial score (nSPS) is 22.9. The zero-order valence-electron chi connectivity index (χ0n) is 58.1. The number of carbonyl (C=O) groups excluding carboxylic acids is 8. The van der Waals surface area contributed by atoms with E-state index in [1.165, 1.54) is 50.4 Å². The number of amides is 8. The first kappa shape index (κ1) is 85.8. The summed E-state index contributed by atoms with van der Waals surface area (Å²) in [5.74, 6) is -8.50. The van der Waals surface area contributed by atoms with Gasteiger partial charge in [-0.05, 0) is 46.5 Å². The predicted molar refractivity (Wildman–Crippen MR) is 374 cm³/mol. The van der Waals surface area contributed by atoms with Crippen LogP contribution in [0.25, 0.3) is 10.7 Å². The van der Waals surface area contributed by atoms with Gasteiger partial charge in [-0.2, -0.15) is 0 Å². The molecule has 2 saturated heterocycles. The highest BCUT2D eigenvalue weighted by Crippen LogP contribution is 2.35. The number of hydrogen-bond donors (Lipinski definition) is 24. The fraction of sp³-hybridized carbons (Fsp3) is 0.617. The minimum atomic E-state index is -2.21. The number of aromatic nitrogens is 6. The SMILES string of the molecule is Cc1c(N)nc(C(CC(N)=O)NCC(N)C(N)=O)nc1C(=O)NC(C(=O)NC(C)C(O)C(C)C(=O)NC(C(=O)NCCc1nc(-c2nc(C(=O)NCCCCNC(N)=NCCCCN=C(N)N)cs2)cs1)C(C)O)C(OC1OC(CO)C(O)C(O)C1OC1OC(CO)C(O)C(OC(N)=O)C1O)c1cnc[nH]1. The number of nitrogens with zero attached hydrogens (tertiary/aromatic N) is 7. The molecule has 0 spiro atoms. The van der Waals surface area contributed by atoms with Crippen LogP contribution in [0.5, 0.6) is 0 Å². The minimum absolute atomic E-state index is 0.0330. The number of aromatic amines is 1. The highest BCUT2D eigenvalue weighted by Gasteiger charge is 2.54. The van der Waals surface area contributed by atoms with Gasteiger partial charge in [0.25, 0.3) is 11.8 Å². The molecule has 19 atom stereocenters. The first-order chi connectivity index (χ1) is 50.2. The molecule has 0 radical (unpaired) electrons. The van der Waals surface area contributed by atoms with E-state index in [0.717, 1.165) is 25.4 Å². The second kappa shape index (κ2) is 41.1. The molecular formula is C60H95N23O21S2. The summed E-state index contributed by atoms with van der Waals surface area (Å²) in [5.41, 5.74) is 44.6. The van der Waals surface area contributed by atoms with E-state index in [-0.39, 0.29) is 60.0 Å². The van der Waals surface area contributed by atoms with Crippen molar-refractivity contribution in [3.8, 4) is 10.7 Å². The van der Waals surface area contributed by atoms with E-state index < -0.39 is 183 Å².